The summed E-state index contributed by atoms with van der Waals surface area (Å²) in [5.74, 6) is 1.48. The first-order valence-electron chi connectivity index (χ1n) is 6.86. The lowest BCUT2D eigenvalue weighted by Gasteiger charge is -2.32. The van der Waals surface area contributed by atoms with Crippen LogP contribution in [0.4, 0.5) is 0 Å². The minimum Gasteiger partial charge on any atom is -0.488 e. The minimum absolute atomic E-state index is 0.177. The molecule has 1 aromatic carbocycles. The first-order valence-corrected chi connectivity index (χ1v) is 7.74. The fourth-order valence-electron chi connectivity index (χ4n) is 2.88. The molecule has 1 atom stereocenters. The van der Waals surface area contributed by atoms with Crippen molar-refractivity contribution in [2.45, 2.75) is 5.92 Å². The Hall–Kier alpha value is -2.71. The van der Waals surface area contributed by atoms with E-state index in [9.17, 15) is 5.26 Å². The molecule has 2 aromatic rings. The molecule has 0 saturated carbocycles. The Labute approximate surface area is 131 Å². The highest BCUT2D eigenvalue weighted by molar-refractivity contribution is 7.10. The maximum absolute atomic E-state index is 9.49. The van der Waals surface area contributed by atoms with Crippen molar-refractivity contribution in [3.63, 3.8) is 0 Å². The summed E-state index contributed by atoms with van der Waals surface area (Å²) in [7, 11) is 0. The Balaban J connectivity index is 1.93. The van der Waals surface area contributed by atoms with Crippen LogP contribution in [0.3, 0.4) is 0 Å². The normalized spacial score (nSPS) is 19.7. The number of hydrogen-bond acceptors (Lipinski definition) is 5. The van der Waals surface area contributed by atoms with E-state index in [1.807, 2.05) is 41.8 Å². The second-order valence-electron chi connectivity index (χ2n) is 5.08. The van der Waals surface area contributed by atoms with Crippen LogP contribution in [0.25, 0.3) is 5.76 Å². The molecule has 0 spiro atoms. The van der Waals surface area contributed by atoms with Crippen LogP contribution in [-0.4, -0.2) is 6.61 Å². The van der Waals surface area contributed by atoms with E-state index in [0.29, 0.717) is 12.2 Å². The van der Waals surface area contributed by atoms with Crippen molar-refractivity contribution in [3.8, 4) is 11.8 Å². The smallest absolute Gasteiger partial charge is 0.205 e. The first kappa shape index (κ1) is 13.0. The number of benzene rings is 1. The number of allylic oxidation sites excluding steroid dienone is 1. The highest BCUT2D eigenvalue weighted by atomic mass is 32.1. The van der Waals surface area contributed by atoms with Gasteiger partial charge in [-0.2, -0.15) is 5.26 Å². The summed E-state index contributed by atoms with van der Waals surface area (Å²) in [6.07, 6.45) is 0. The van der Waals surface area contributed by atoms with Gasteiger partial charge in [0.2, 0.25) is 5.88 Å². The van der Waals surface area contributed by atoms with Gasteiger partial charge in [0.15, 0.2) is 0 Å². The predicted octanol–water partition coefficient (Wildman–Crippen LogP) is 3.36. The number of para-hydroxylation sites is 1. The van der Waals surface area contributed by atoms with Gasteiger partial charge in [0, 0.05) is 10.5 Å². The summed E-state index contributed by atoms with van der Waals surface area (Å²) in [6.45, 7) is 0.396. The number of nitriles is 1. The van der Waals surface area contributed by atoms with Crippen molar-refractivity contribution in [2.24, 2.45) is 5.73 Å². The number of thiophene rings is 1. The molecule has 2 aliphatic rings. The van der Waals surface area contributed by atoms with Crippen molar-refractivity contribution in [2.75, 3.05) is 6.61 Å². The maximum Gasteiger partial charge on any atom is 0.205 e. The Morgan fingerprint density at radius 2 is 2.09 bits per heavy atom. The molecule has 0 bridgehead atoms. The number of hydrogen-bond donors (Lipinski definition) is 1. The van der Waals surface area contributed by atoms with Crippen LogP contribution in [0.15, 0.2) is 58.8 Å². The van der Waals surface area contributed by atoms with Crippen LogP contribution in [0, 0.1) is 11.3 Å². The van der Waals surface area contributed by atoms with Crippen molar-refractivity contribution < 1.29 is 9.47 Å². The largest absolute Gasteiger partial charge is 0.488 e. The molecule has 5 heteroatoms. The summed E-state index contributed by atoms with van der Waals surface area (Å²) in [6, 6.07) is 13.9. The van der Waals surface area contributed by atoms with Gasteiger partial charge in [-0.3, -0.25) is 0 Å². The van der Waals surface area contributed by atoms with Crippen molar-refractivity contribution >= 4 is 17.1 Å². The van der Waals surface area contributed by atoms with Crippen LogP contribution < -0.4 is 10.5 Å². The third-order valence-electron chi connectivity index (χ3n) is 3.87. The average molecular weight is 308 g/mol. The molecule has 1 unspecified atom stereocenters. The van der Waals surface area contributed by atoms with E-state index in [1.54, 1.807) is 11.3 Å². The zero-order valence-corrected chi connectivity index (χ0v) is 12.4. The lowest BCUT2D eigenvalue weighted by molar-refractivity contribution is 0.295. The van der Waals surface area contributed by atoms with E-state index >= 15 is 0 Å². The second kappa shape index (κ2) is 4.93. The van der Waals surface area contributed by atoms with Gasteiger partial charge < -0.3 is 15.2 Å². The first-order chi connectivity index (χ1) is 10.8. The Kier molecular flexibility index (Phi) is 2.91. The van der Waals surface area contributed by atoms with Crippen molar-refractivity contribution in [1.29, 1.82) is 5.26 Å². The van der Waals surface area contributed by atoms with Gasteiger partial charge in [-0.25, -0.2) is 0 Å². The molecule has 1 aromatic heterocycles. The monoisotopic (exact) mass is 308 g/mol. The lowest BCUT2D eigenvalue weighted by Crippen LogP contribution is -2.25. The number of nitrogens with two attached hydrogens (primary N) is 1. The molecule has 2 aliphatic heterocycles. The van der Waals surface area contributed by atoms with E-state index in [4.69, 9.17) is 15.2 Å². The molecule has 0 aliphatic carbocycles. The standard InChI is InChI=1S/C17H12N2O2S/c18-8-11-15(14-6-3-7-22-14)12-9-20-13-5-2-1-4-10(13)16(12)21-17(11)19/h1-7,15H,9,19H2. The summed E-state index contributed by atoms with van der Waals surface area (Å²) in [5.41, 5.74) is 8.29. The number of nitrogens with zero attached hydrogens (tertiary/aromatic N) is 1. The van der Waals surface area contributed by atoms with Crippen LogP contribution in [0.1, 0.15) is 16.4 Å². The molecular formula is C17H12N2O2S. The fraction of sp³-hybridized carbons (Fsp3) is 0.118. The number of fused-ring (bicyclic) bond motifs is 2. The van der Waals surface area contributed by atoms with Gasteiger partial charge in [0.05, 0.1) is 11.5 Å². The molecule has 4 rings (SSSR count). The summed E-state index contributed by atoms with van der Waals surface area (Å²) < 4.78 is 11.6. The van der Waals surface area contributed by atoms with E-state index in [0.717, 1.165) is 27.5 Å². The molecule has 0 radical (unpaired) electrons. The molecule has 4 nitrogen and oxygen atoms in total. The summed E-state index contributed by atoms with van der Waals surface area (Å²) in [4.78, 5) is 1.07. The van der Waals surface area contributed by atoms with Crippen molar-refractivity contribution in [3.05, 3.63) is 69.2 Å². The van der Waals surface area contributed by atoms with E-state index in [-0.39, 0.29) is 11.8 Å². The van der Waals surface area contributed by atoms with Crippen molar-refractivity contribution in [1.82, 2.24) is 0 Å². The molecule has 3 heterocycles. The molecule has 108 valence electrons. The maximum atomic E-state index is 9.49. The average Bonchev–Trinajstić information content (AvgIpc) is 3.07. The third-order valence-corrected chi connectivity index (χ3v) is 4.81. The number of rotatable bonds is 1. The predicted molar refractivity (Wildman–Crippen MR) is 83.8 cm³/mol. The van der Waals surface area contributed by atoms with Gasteiger partial charge >= 0.3 is 0 Å². The Bertz CT molecular complexity index is 844. The highest BCUT2D eigenvalue weighted by Crippen LogP contribution is 2.47. The van der Waals surface area contributed by atoms with Gasteiger partial charge in [0.1, 0.15) is 29.8 Å². The van der Waals surface area contributed by atoms with Crippen LogP contribution in [-0.2, 0) is 4.74 Å². The molecule has 0 amide bonds. The summed E-state index contributed by atoms with van der Waals surface area (Å²) >= 11 is 1.60. The molecule has 2 N–H and O–H groups in total. The molecular weight excluding hydrogens is 296 g/mol. The van der Waals surface area contributed by atoms with E-state index in [1.165, 1.54) is 0 Å². The lowest BCUT2D eigenvalue weighted by atomic mass is 9.85. The van der Waals surface area contributed by atoms with Gasteiger partial charge in [0.25, 0.3) is 0 Å². The fourth-order valence-corrected chi connectivity index (χ4v) is 3.75. The molecule has 0 fully saturated rings. The Morgan fingerprint density at radius 3 is 2.86 bits per heavy atom. The van der Waals surface area contributed by atoms with Gasteiger partial charge in [-0.15, -0.1) is 11.3 Å². The highest BCUT2D eigenvalue weighted by Gasteiger charge is 2.37. The van der Waals surface area contributed by atoms with E-state index in [2.05, 4.69) is 6.07 Å². The topological polar surface area (TPSA) is 68.3 Å². The van der Waals surface area contributed by atoms with Crippen LogP contribution in [0.5, 0.6) is 5.75 Å². The SMILES string of the molecule is N#CC1=C(N)OC2=C(COc3ccccc32)C1c1cccs1. The zero-order chi connectivity index (χ0) is 15.1. The second-order valence-corrected chi connectivity index (χ2v) is 6.06. The Morgan fingerprint density at radius 1 is 1.23 bits per heavy atom. The van der Waals surface area contributed by atoms with Gasteiger partial charge in [-0.05, 0) is 23.6 Å². The minimum atomic E-state index is -0.192. The molecule has 0 saturated heterocycles. The van der Waals surface area contributed by atoms with Crippen LogP contribution >= 0.6 is 11.3 Å². The zero-order valence-electron chi connectivity index (χ0n) is 11.6. The van der Waals surface area contributed by atoms with E-state index < -0.39 is 0 Å². The number of ether oxygens (including phenoxy) is 2. The molecule has 22 heavy (non-hydrogen) atoms. The van der Waals surface area contributed by atoms with Gasteiger partial charge in [-0.1, -0.05) is 18.2 Å². The summed E-state index contributed by atoms with van der Waals surface area (Å²) in [5, 5.41) is 11.5. The third kappa shape index (κ3) is 1.81. The quantitative estimate of drug-likeness (QED) is 0.877. The van der Waals surface area contributed by atoms with Crippen LogP contribution in [0.2, 0.25) is 0 Å².